The highest BCUT2D eigenvalue weighted by atomic mass is 19.1. The van der Waals surface area contributed by atoms with Gasteiger partial charge in [0.2, 0.25) is 0 Å². The first-order chi connectivity index (χ1) is 14.5. The number of nitro benzene ring substituents is 1. The van der Waals surface area contributed by atoms with Crippen LogP contribution in [0.5, 0.6) is 11.5 Å². The lowest BCUT2D eigenvalue weighted by Crippen LogP contribution is -1.99. The molecule has 0 aliphatic carbocycles. The van der Waals surface area contributed by atoms with E-state index in [9.17, 15) is 19.3 Å². The highest BCUT2D eigenvalue weighted by Gasteiger charge is 2.09. The summed E-state index contributed by atoms with van der Waals surface area (Å²) in [5, 5.41) is 10.7. The number of ether oxygens (including phenoxy) is 2. The number of allylic oxidation sites excluding steroid dienone is 1. The van der Waals surface area contributed by atoms with Crippen molar-refractivity contribution in [2.75, 3.05) is 7.11 Å². The lowest BCUT2D eigenvalue weighted by Gasteiger charge is -2.11. The van der Waals surface area contributed by atoms with E-state index in [1.165, 1.54) is 43.5 Å². The highest BCUT2D eigenvalue weighted by Crippen LogP contribution is 2.29. The van der Waals surface area contributed by atoms with Crippen LogP contribution in [0.1, 0.15) is 21.5 Å². The molecule has 3 rings (SSSR count). The largest absolute Gasteiger partial charge is 0.493 e. The van der Waals surface area contributed by atoms with E-state index in [-0.39, 0.29) is 17.9 Å². The van der Waals surface area contributed by atoms with Crippen molar-refractivity contribution in [3.63, 3.8) is 0 Å². The molecule has 0 N–H and O–H groups in total. The summed E-state index contributed by atoms with van der Waals surface area (Å²) in [7, 11) is 1.49. The van der Waals surface area contributed by atoms with Gasteiger partial charge >= 0.3 is 0 Å². The first-order valence-electron chi connectivity index (χ1n) is 8.99. The Hall–Kier alpha value is -4.00. The molecule has 3 aromatic carbocycles. The van der Waals surface area contributed by atoms with E-state index >= 15 is 0 Å². The van der Waals surface area contributed by atoms with Crippen molar-refractivity contribution < 1.29 is 23.6 Å². The van der Waals surface area contributed by atoms with Gasteiger partial charge in [-0.3, -0.25) is 14.9 Å². The minimum Gasteiger partial charge on any atom is -0.493 e. The number of carbonyl (C=O) groups is 1. The Kier molecular flexibility index (Phi) is 6.54. The molecule has 0 bridgehead atoms. The molecule has 0 amide bonds. The van der Waals surface area contributed by atoms with Gasteiger partial charge in [0.15, 0.2) is 17.3 Å². The van der Waals surface area contributed by atoms with Crippen molar-refractivity contribution in [3.8, 4) is 11.5 Å². The molecule has 0 saturated heterocycles. The lowest BCUT2D eigenvalue weighted by molar-refractivity contribution is -0.384. The van der Waals surface area contributed by atoms with E-state index in [2.05, 4.69) is 0 Å². The van der Waals surface area contributed by atoms with Crippen molar-refractivity contribution in [2.45, 2.75) is 6.61 Å². The zero-order valence-electron chi connectivity index (χ0n) is 16.1. The van der Waals surface area contributed by atoms with Gasteiger partial charge in [-0.25, -0.2) is 4.39 Å². The summed E-state index contributed by atoms with van der Waals surface area (Å²) < 4.78 is 24.8. The van der Waals surface area contributed by atoms with Gasteiger partial charge in [0.05, 0.1) is 17.6 Å². The minimum atomic E-state index is -0.570. The molecule has 152 valence electrons. The second-order valence-electron chi connectivity index (χ2n) is 6.30. The summed E-state index contributed by atoms with van der Waals surface area (Å²) in [6, 6.07) is 17.0. The number of rotatable bonds is 8. The van der Waals surface area contributed by atoms with Crippen LogP contribution in [0.25, 0.3) is 6.08 Å². The smallest absolute Gasteiger partial charge is 0.269 e. The van der Waals surface area contributed by atoms with Crippen molar-refractivity contribution in [2.24, 2.45) is 0 Å². The molecule has 6 nitrogen and oxygen atoms in total. The quantitative estimate of drug-likeness (QED) is 0.221. The Balaban J connectivity index is 1.69. The van der Waals surface area contributed by atoms with Gasteiger partial charge in [0, 0.05) is 12.1 Å². The predicted molar refractivity (Wildman–Crippen MR) is 110 cm³/mol. The third kappa shape index (κ3) is 5.08. The van der Waals surface area contributed by atoms with E-state index < -0.39 is 16.5 Å². The molecule has 0 fully saturated rings. The molecule has 0 heterocycles. The van der Waals surface area contributed by atoms with Crippen LogP contribution >= 0.6 is 0 Å². The predicted octanol–water partition coefficient (Wildman–Crippen LogP) is 5.22. The molecule has 0 atom stereocenters. The molecular weight excluding hydrogens is 389 g/mol. The van der Waals surface area contributed by atoms with E-state index in [0.717, 1.165) is 5.56 Å². The number of nitro groups is 1. The fourth-order valence-corrected chi connectivity index (χ4v) is 2.70. The van der Waals surface area contributed by atoms with Crippen LogP contribution in [0.2, 0.25) is 0 Å². The number of benzene rings is 3. The average Bonchev–Trinajstić information content (AvgIpc) is 2.76. The summed E-state index contributed by atoms with van der Waals surface area (Å²) in [5.41, 5.74) is 1.46. The third-order valence-electron chi connectivity index (χ3n) is 4.30. The van der Waals surface area contributed by atoms with Crippen molar-refractivity contribution in [3.05, 3.63) is 105 Å². The standard InChI is InChI=1S/C23H18FNO5/c1-29-23-14-16(8-12-21(26)19-4-2-3-5-20(19)24)9-13-22(23)30-15-17-6-10-18(11-7-17)25(27)28/h2-14H,15H2,1H3/b12-8+. The van der Waals surface area contributed by atoms with Crippen molar-refractivity contribution in [1.29, 1.82) is 0 Å². The SMILES string of the molecule is COc1cc(/C=C/C(=O)c2ccccc2F)ccc1OCc1ccc([N+](=O)[O-])cc1. The van der Waals surface area contributed by atoms with Gasteiger partial charge in [0.25, 0.3) is 5.69 Å². The zero-order valence-corrected chi connectivity index (χ0v) is 16.1. The normalized spacial score (nSPS) is 10.7. The number of hydrogen-bond donors (Lipinski definition) is 0. The van der Waals surface area contributed by atoms with Gasteiger partial charge in [-0.1, -0.05) is 24.3 Å². The fraction of sp³-hybridized carbons (Fsp3) is 0.0870. The van der Waals surface area contributed by atoms with E-state index in [1.54, 1.807) is 42.5 Å². The summed E-state index contributed by atoms with van der Waals surface area (Å²) in [4.78, 5) is 22.4. The Labute approximate surface area is 172 Å². The van der Waals surface area contributed by atoms with Gasteiger partial charge in [-0.15, -0.1) is 0 Å². The molecule has 0 aromatic heterocycles. The van der Waals surface area contributed by atoms with E-state index in [1.807, 2.05) is 0 Å². The summed E-state index contributed by atoms with van der Waals surface area (Å²) in [6.07, 6.45) is 2.86. The third-order valence-corrected chi connectivity index (χ3v) is 4.30. The Morgan fingerprint density at radius 2 is 1.80 bits per heavy atom. The molecule has 0 aliphatic heterocycles. The number of nitrogens with zero attached hydrogens (tertiary/aromatic N) is 1. The molecule has 0 radical (unpaired) electrons. The molecule has 7 heteroatoms. The van der Waals surface area contributed by atoms with Crippen LogP contribution in [0.15, 0.2) is 72.8 Å². The Morgan fingerprint density at radius 3 is 2.47 bits per heavy atom. The number of methoxy groups -OCH3 is 1. The number of non-ortho nitro benzene ring substituents is 1. The molecule has 0 aliphatic rings. The van der Waals surface area contributed by atoms with E-state index in [0.29, 0.717) is 17.1 Å². The molecular formula is C23H18FNO5. The maximum atomic E-state index is 13.7. The average molecular weight is 407 g/mol. The zero-order chi connectivity index (χ0) is 21.5. The fourth-order valence-electron chi connectivity index (χ4n) is 2.70. The second kappa shape index (κ2) is 9.47. The van der Waals surface area contributed by atoms with Crippen LogP contribution in [0, 0.1) is 15.9 Å². The van der Waals surface area contributed by atoms with Gasteiger partial charge in [0.1, 0.15) is 12.4 Å². The highest BCUT2D eigenvalue weighted by molar-refractivity contribution is 6.07. The topological polar surface area (TPSA) is 78.7 Å². The second-order valence-corrected chi connectivity index (χ2v) is 6.30. The van der Waals surface area contributed by atoms with Crippen molar-refractivity contribution >= 4 is 17.5 Å². The van der Waals surface area contributed by atoms with Crippen molar-refractivity contribution in [1.82, 2.24) is 0 Å². The minimum absolute atomic E-state index is 0.00349. The first-order valence-corrected chi connectivity index (χ1v) is 8.99. The van der Waals surface area contributed by atoms with Crippen LogP contribution in [0.4, 0.5) is 10.1 Å². The monoisotopic (exact) mass is 407 g/mol. The maximum Gasteiger partial charge on any atom is 0.269 e. The summed E-state index contributed by atoms with van der Waals surface area (Å²) >= 11 is 0. The molecule has 0 unspecified atom stereocenters. The van der Waals surface area contributed by atoms with Gasteiger partial charge in [-0.2, -0.15) is 0 Å². The molecule has 0 spiro atoms. The lowest BCUT2D eigenvalue weighted by atomic mass is 10.1. The number of halogens is 1. The number of ketones is 1. The first kappa shape index (κ1) is 20.7. The summed E-state index contributed by atoms with van der Waals surface area (Å²) in [6.45, 7) is 0.204. The van der Waals surface area contributed by atoms with Crippen LogP contribution < -0.4 is 9.47 Å². The Bertz CT molecular complexity index is 1090. The van der Waals surface area contributed by atoms with E-state index in [4.69, 9.17) is 9.47 Å². The van der Waals surface area contributed by atoms with Crippen LogP contribution in [0.3, 0.4) is 0 Å². The summed E-state index contributed by atoms with van der Waals surface area (Å²) in [5.74, 6) is -0.0730. The van der Waals surface area contributed by atoms with Gasteiger partial charge < -0.3 is 9.47 Å². The molecule has 0 saturated carbocycles. The van der Waals surface area contributed by atoms with Crippen LogP contribution in [-0.4, -0.2) is 17.8 Å². The van der Waals surface area contributed by atoms with Crippen LogP contribution in [-0.2, 0) is 6.61 Å². The Morgan fingerprint density at radius 1 is 1.07 bits per heavy atom. The number of hydrogen-bond acceptors (Lipinski definition) is 5. The number of carbonyl (C=O) groups excluding carboxylic acids is 1. The molecule has 30 heavy (non-hydrogen) atoms. The van der Waals surface area contributed by atoms with Gasteiger partial charge in [-0.05, 0) is 53.6 Å². The molecule has 3 aromatic rings. The maximum absolute atomic E-state index is 13.7.